The zero-order valence-corrected chi connectivity index (χ0v) is 13.2. The van der Waals surface area contributed by atoms with E-state index in [4.69, 9.17) is 0 Å². The Hall–Kier alpha value is -0.830. The number of carbonyl (C=O) groups is 1. The first-order valence-corrected chi connectivity index (χ1v) is 7.85. The minimum atomic E-state index is 0.128. The maximum absolute atomic E-state index is 12.2. The lowest BCUT2D eigenvalue weighted by Crippen LogP contribution is -2.30. The number of nitrogens with zero attached hydrogens (tertiary/aromatic N) is 1. The van der Waals surface area contributed by atoms with Crippen LogP contribution in [-0.2, 0) is 17.6 Å². The molecule has 102 valence electrons. The van der Waals surface area contributed by atoms with Gasteiger partial charge in [0.2, 0.25) is 5.91 Å². The van der Waals surface area contributed by atoms with E-state index < -0.39 is 0 Å². The molecule has 0 bridgehead atoms. The average Bonchev–Trinajstić information content (AvgIpc) is 3.07. The standard InChI is InChI=1S/C16H20BrNO/c1-16(2,17)10-11-3-6-14-13(9-11)7-8-18(14)15(19)12-4-5-12/h3,6,9,12H,4-5,7-8,10H2,1-2H3. The predicted molar refractivity (Wildman–Crippen MR) is 81.9 cm³/mol. The summed E-state index contributed by atoms with van der Waals surface area (Å²) in [5.74, 6) is 0.652. The van der Waals surface area contributed by atoms with Crippen molar-refractivity contribution in [1.29, 1.82) is 0 Å². The first-order chi connectivity index (χ1) is 8.94. The fraction of sp³-hybridized carbons (Fsp3) is 0.562. The molecule has 0 saturated heterocycles. The maximum atomic E-state index is 12.2. The molecule has 1 heterocycles. The molecule has 1 aromatic rings. The van der Waals surface area contributed by atoms with Crippen molar-refractivity contribution < 1.29 is 4.79 Å². The van der Waals surface area contributed by atoms with Gasteiger partial charge in [-0.3, -0.25) is 4.79 Å². The summed E-state index contributed by atoms with van der Waals surface area (Å²) in [6.45, 7) is 5.23. The normalized spacial score (nSPS) is 18.6. The highest BCUT2D eigenvalue weighted by Gasteiger charge is 2.36. The van der Waals surface area contributed by atoms with Gasteiger partial charge in [0.05, 0.1) is 0 Å². The lowest BCUT2D eigenvalue weighted by atomic mass is 10.00. The van der Waals surface area contributed by atoms with E-state index in [0.717, 1.165) is 37.9 Å². The van der Waals surface area contributed by atoms with Crippen LogP contribution < -0.4 is 4.90 Å². The molecule has 2 nitrogen and oxygen atoms in total. The van der Waals surface area contributed by atoms with Crippen molar-refractivity contribution in [3.05, 3.63) is 29.3 Å². The molecule has 3 rings (SSSR count). The van der Waals surface area contributed by atoms with Gasteiger partial charge < -0.3 is 4.90 Å². The Morgan fingerprint density at radius 2 is 2.16 bits per heavy atom. The number of anilines is 1. The monoisotopic (exact) mass is 321 g/mol. The Bertz CT molecular complexity index is 514. The van der Waals surface area contributed by atoms with Gasteiger partial charge in [-0.05, 0) is 56.7 Å². The highest BCUT2D eigenvalue weighted by molar-refractivity contribution is 9.10. The minimum absolute atomic E-state index is 0.128. The molecule has 0 unspecified atom stereocenters. The number of amides is 1. The van der Waals surface area contributed by atoms with Gasteiger partial charge >= 0.3 is 0 Å². The molecule has 1 aliphatic heterocycles. The number of alkyl halides is 1. The molecular formula is C16H20BrNO. The molecule has 0 atom stereocenters. The third kappa shape index (κ3) is 2.86. The van der Waals surface area contributed by atoms with Crippen LogP contribution in [0.1, 0.15) is 37.8 Å². The minimum Gasteiger partial charge on any atom is -0.312 e. The first kappa shape index (κ1) is 13.2. The fourth-order valence-corrected chi connectivity index (χ4v) is 3.15. The molecule has 1 saturated carbocycles. The second-order valence-corrected chi connectivity index (χ2v) is 8.52. The molecule has 1 amide bonds. The van der Waals surface area contributed by atoms with Gasteiger partial charge in [-0.25, -0.2) is 0 Å². The van der Waals surface area contributed by atoms with Crippen molar-refractivity contribution in [3.63, 3.8) is 0 Å². The van der Waals surface area contributed by atoms with Crippen LogP contribution in [0.4, 0.5) is 5.69 Å². The van der Waals surface area contributed by atoms with Gasteiger partial charge in [-0.15, -0.1) is 0 Å². The summed E-state index contributed by atoms with van der Waals surface area (Å²) < 4.78 is 0.128. The van der Waals surface area contributed by atoms with E-state index in [2.05, 4.69) is 48.0 Å². The highest BCUT2D eigenvalue weighted by atomic mass is 79.9. The maximum Gasteiger partial charge on any atom is 0.230 e. The highest BCUT2D eigenvalue weighted by Crippen LogP contribution is 2.37. The van der Waals surface area contributed by atoms with Gasteiger partial charge in [0.15, 0.2) is 0 Å². The zero-order valence-electron chi connectivity index (χ0n) is 11.6. The zero-order chi connectivity index (χ0) is 13.6. The lowest BCUT2D eigenvalue weighted by molar-refractivity contribution is -0.119. The molecule has 19 heavy (non-hydrogen) atoms. The Labute approximate surface area is 123 Å². The second-order valence-electron chi connectivity index (χ2n) is 6.37. The summed E-state index contributed by atoms with van der Waals surface area (Å²) in [4.78, 5) is 14.2. The van der Waals surface area contributed by atoms with Gasteiger partial charge in [-0.2, -0.15) is 0 Å². The SMILES string of the molecule is CC(C)(Br)Cc1ccc2c(c1)CCN2C(=O)C1CC1. The summed E-state index contributed by atoms with van der Waals surface area (Å²) in [7, 11) is 0. The smallest absolute Gasteiger partial charge is 0.230 e. The molecule has 0 radical (unpaired) electrons. The largest absolute Gasteiger partial charge is 0.312 e. The molecule has 3 heteroatoms. The van der Waals surface area contributed by atoms with Crippen molar-refractivity contribution in [2.75, 3.05) is 11.4 Å². The van der Waals surface area contributed by atoms with Gasteiger partial charge in [-0.1, -0.05) is 28.1 Å². The molecule has 1 aliphatic carbocycles. The van der Waals surface area contributed by atoms with E-state index in [1.165, 1.54) is 11.1 Å². The van der Waals surface area contributed by atoms with Crippen molar-refractivity contribution in [2.24, 2.45) is 5.92 Å². The van der Waals surface area contributed by atoms with Crippen molar-refractivity contribution in [2.45, 2.75) is 43.9 Å². The summed E-state index contributed by atoms with van der Waals surface area (Å²) in [6.07, 6.45) is 4.18. The number of fused-ring (bicyclic) bond motifs is 1. The molecule has 1 fully saturated rings. The van der Waals surface area contributed by atoms with Crippen molar-refractivity contribution in [3.8, 4) is 0 Å². The molecule has 2 aliphatic rings. The van der Waals surface area contributed by atoms with Crippen LogP contribution in [0.3, 0.4) is 0 Å². The van der Waals surface area contributed by atoms with Crippen LogP contribution in [0.25, 0.3) is 0 Å². The van der Waals surface area contributed by atoms with E-state index in [9.17, 15) is 4.79 Å². The molecule has 0 spiro atoms. The van der Waals surface area contributed by atoms with E-state index in [1.54, 1.807) is 0 Å². The van der Waals surface area contributed by atoms with Crippen LogP contribution in [0.2, 0.25) is 0 Å². The first-order valence-electron chi connectivity index (χ1n) is 7.06. The van der Waals surface area contributed by atoms with Crippen molar-refractivity contribution >= 4 is 27.5 Å². The van der Waals surface area contributed by atoms with Crippen LogP contribution in [0, 0.1) is 5.92 Å². The summed E-state index contributed by atoms with van der Waals surface area (Å²) >= 11 is 3.69. The fourth-order valence-electron chi connectivity index (χ4n) is 2.83. The van der Waals surface area contributed by atoms with Gasteiger partial charge in [0, 0.05) is 22.5 Å². The number of hydrogen-bond donors (Lipinski definition) is 0. The summed E-state index contributed by atoms with van der Waals surface area (Å²) in [6, 6.07) is 6.58. The van der Waals surface area contributed by atoms with E-state index in [-0.39, 0.29) is 4.32 Å². The Morgan fingerprint density at radius 3 is 2.79 bits per heavy atom. The average molecular weight is 322 g/mol. The second kappa shape index (κ2) is 4.62. The molecular weight excluding hydrogens is 302 g/mol. The topological polar surface area (TPSA) is 20.3 Å². The summed E-state index contributed by atoms with van der Waals surface area (Å²) in [5, 5.41) is 0. The molecule has 0 aromatic heterocycles. The number of carbonyl (C=O) groups excluding carboxylic acids is 1. The van der Waals surface area contributed by atoms with E-state index in [1.807, 2.05) is 4.90 Å². The van der Waals surface area contributed by atoms with Crippen LogP contribution >= 0.6 is 15.9 Å². The number of halogens is 1. The van der Waals surface area contributed by atoms with Gasteiger partial charge in [0.25, 0.3) is 0 Å². The number of hydrogen-bond acceptors (Lipinski definition) is 1. The van der Waals surface area contributed by atoms with E-state index in [0.29, 0.717) is 11.8 Å². The third-order valence-electron chi connectivity index (χ3n) is 3.86. The van der Waals surface area contributed by atoms with Crippen molar-refractivity contribution in [1.82, 2.24) is 0 Å². The van der Waals surface area contributed by atoms with E-state index >= 15 is 0 Å². The Kier molecular flexibility index (Phi) is 3.20. The molecule has 1 aromatic carbocycles. The quantitative estimate of drug-likeness (QED) is 0.777. The Morgan fingerprint density at radius 1 is 1.42 bits per heavy atom. The number of rotatable bonds is 3. The van der Waals surface area contributed by atoms with Crippen LogP contribution in [0.5, 0.6) is 0 Å². The number of benzene rings is 1. The Balaban J connectivity index is 1.81. The third-order valence-corrected chi connectivity index (χ3v) is 4.14. The predicted octanol–water partition coefficient (Wildman–Crippen LogP) is 3.70. The van der Waals surface area contributed by atoms with Crippen LogP contribution in [0.15, 0.2) is 18.2 Å². The lowest BCUT2D eigenvalue weighted by Gasteiger charge is -2.19. The molecule has 0 N–H and O–H groups in total. The van der Waals surface area contributed by atoms with Crippen LogP contribution in [-0.4, -0.2) is 16.8 Å². The van der Waals surface area contributed by atoms with Gasteiger partial charge in [0.1, 0.15) is 0 Å². The summed E-state index contributed by atoms with van der Waals surface area (Å²) in [5.41, 5.74) is 3.83.